The minimum atomic E-state index is -1.78. The summed E-state index contributed by atoms with van der Waals surface area (Å²) in [5, 5.41) is 16.2. The number of rotatable bonds is 9. The highest BCUT2D eigenvalue weighted by molar-refractivity contribution is 6.68. The molecule has 24 heavy (non-hydrogen) atoms. The number of non-ortho nitro benzene ring substituents is 1. The van der Waals surface area contributed by atoms with E-state index in [9.17, 15) is 14.9 Å². The van der Waals surface area contributed by atoms with Crippen LogP contribution in [0, 0.1) is 10.1 Å². The van der Waals surface area contributed by atoms with Gasteiger partial charge in [-0.05, 0) is 18.6 Å². The number of benzene rings is 1. The summed E-state index contributed by atoms with van der Waals surface area (Å²) < 4.78 is -1.78. The van der Waals surface area contributed by atoms with Gasteiger partial charge in [0.25, 0.3) is 5.69 Å². The topological polar surface area (TPSA) is 84.3 Å². The second kappa shape index (κ2) is 9.91. The molecule has 6 nitrogen and oxygen atoms in total. The second-order valence-corrected chi connectivity index (χ2v) is 7.67. The van der Waals surface area contributed by atoms with Crippen LogP contribution in [0.1, 0.15) is 39.0 Å². The van der Waals surface area contributed by atoms with Crippen molar-refractivity contribution in [1.82, 2.24) is 5.32 Å². The van der Waals surface area contributed by atoms with E-state index < -0.39 is 14.9 Å². The Hall–Kier alpha value is -1.24. The Bertz CT molecular complexity index is 547. The third-order valence-corrected chi connectivity index (χ3v) is 3.93. The molecule has 0 unspecified atom stereocenters. The molecule has 0 radical (unpaired) electrons. The van der Waals surface area contributed by atoms with Crippen molar-refractivity contribution in [3.8, 4) is 0 Å². The van der Waals surface area contributed by atoms with Crippen LogP contribution in [-0.2, 0) is 4.79 Å². The summed E-state index contributed by atoms with van der Waals surface area (Å²) >= 11 is 17.7. The number of hydrogen-bond acceptors (Lipinski definition) is 4. The zero-order valence-corrected chi connectivity index (χ0v) is 15.5. The molecule has 1 amide bonds. The zero-order chi connectivity index (χ0) is 18.2. The fourth-order valence-electron chi connectivity index (χ4n) is 1.99. The Morgan fingerprint density at radius 3 is 2.33 bits per heavy atom. The zero-order valence-electron chi connectivity index (χ0n) is 13.2. The van der Waals surface area contributed by atoms with Gasteiger partial charge >= 0.3 is 0 Å². The number of hydrogen-bond donors (Lipinski definition) is 2. The van der Waals surface area contributed by atoms with Crippen LogP contribution in [0.5, 0.6) is 0 Å². The molecular formula is C15H20Cl3N3O3. The molecule has 1 rings (SSSR count). The van der Waals surface area contributed by atoms with Crippen LogP contribution in [0.4, 0.5) is 11.4 Å². The minimum Gasteiger partial charge on any atom is -0.362 e. The van der Waals surface area contributed by atoms with Gasteiger partial charge in [0.05, 0.1) is 4.92 Å². The molecule has 0 saturated heterocycles. The number of unbranched alkanes of at least 4 members (excludes halogenated alkanes) is 3. The van der Waals surface area contributed by atoms with Crippen LogP contribution in [0.25, 0.3) is 0 Å². The molecule has 1 atom stereocenters. The number of nitro groups is 1. The molecule has 1 aromatic rings. The van der Waals surface area contributed by atoms with E-state index in [1.54, 1.807) is 0 Å². The Kier molecular flexibility index (Phi) is 8.59. The maximum absolute atomic E-state index is 12.0. The molecule has 0 saturated carbocycles. The van der Waals surface area contributed by atoms with Crippen LogP contribution < -0.4 is 10.6 Å². The molecule has 0 aromatic heterocycles. The highest BCUT2D eigenvalue weighted by atomic mass is 35.6. The van der Waals surface area contributed by atoms with Crippen LogP contribution in [0.2, 0.25) is 0 Å². The van der Waals surface area contributed by atoms with Gasteiger partial charge in [0.15, 0.2) is 0 Å². The van der Waals surface area contributed by atoms with Crippen molar-refractivity contribution in [3.05, 3.63) is 34.4 Å². The number of carbonyl (C=O) groups excluding carboxylic acids is 1. The summed E-state index contributed by atoms with van der Waals surface area (Å²) in [6, 6.07) is 5.61. The van der Waals surface area contributed by atoms with Crippen LogP contribution >= 0.6 is 34.8 Å². The largest absolute Gasteiger partial charge is 0.362 e. The van der Waals surface area contributed by atoms with E-state index in [1.807, 2.05) is 0 Å². The SMILES string of the molecule is CCCCCCC(=O)N[C@@H](Nc1ccc([N+](=O)[O-])cc1)C(Cl)(Cl)Cl. The third-order valence-electron chi connectivity index (χ3n) is 3.28. The van der Waals surface area contributed by atoms with Gasteiger partial charge in [-0.1, -0.05) is 61.0 Å². The maximum Gasteiger partial charge on any atom is 0.269 e. The number of nitrogens with one attached hydrogen (secondary N) is 2. The predicted octanol–water partition coefficient (Wildman–Crippen LogP) is 4.79. The molecule has 0 aliphatic heterocycles. The Labute approximate surface area is 156 Å². The molecule has 0 bridgehead atoms. The molecule has 1 aromatic carbocycles. The normalized spacial score (nSPS) is 12.5. The first-order valence-electron chi connectivity index (χ1n) is 7.61. The fraction of sp³-hybridized carbons (Fsp3) is 0.533. The summed E-state index contributed by atoms with van der Waals surface area (Å²) in [6.07, 6.45) is 3.28. The number of alkyl halides is 3. The molecule has 0 aliphatic rings. The van der Waals surface area contributed by atoms with Crippen LogP contribution in [0.15, 0.2) is 24.3 Å². The number of amides is 1. The van der Waals surface area contributed by atoms with Crippen LogP contribution in [-0.4, -0.2) is 20.8 Å². The number of anilines is 1. The van der Waals surface area contributed by atoms with Crippen molar-refractivity contribution in [2.24, 2.45) is 0 Å². The first-order chi connectivity index (χ1) is 11.2. The lowest BCUT2D eigenvalue weighted by Crippen LogP contribution is -2.49. The first-order valence-corrected chi connectivity index (χ1v) is 8.74. The summed E-state index contributed by atoms with van der Waals surface area (Å²) in [7, 11) is 0. The number of nitro benzene ring substituents is 1. The van der Waals surface area contributed by atoms with Gasteiger partial charge in [-0.15, -0.1) is 0 Å². The average molecular weight is 397 g/mol. The fourth-order valence-corrected chi connectivity index (χ4v) is 2.32. The lowest BCUT2D eigenvalue weighted by Gasteiger charge is -2.27. The summed E-state index contributed by atoms with van der Waals surface area (Å²) in [5.74, 6) is -0.225. The van der Waals surface area contributed by atoms with E-state index in [1.165, 1.54) is 24.3 Å². The van der Waals surface area contributed by atoms with Gasteiger partial charge in [-0.2, -0.15) is 0 Å². The van der Waals surface area contributed by atoms with Crippen molar-refractivity contribution >= 4 is 52.1 Å². The van der Waals surface area contributed by atoms with E-state index in [0.29, 0.717) is 12.1 Å². The second-order valence-electron chi connectivity index (χ2n) is 5.30. The summed E-state index contributed by atoms with van der Waals surface area (Å²) in [4.78, 5) is 22.1. The van der Waals surface area contributed by atoms with Gasteiger partial charge in [0.1, 0.15) is 6.17 Å². The molecule has 0 spiro atoms. The number of carbonyl (C=O) groups is 1. The van der Waals surface area contributed by atoms with Crippen molar-refractivity contribution in [1.29, 1.82) is 0 Å². The van der Waals surface area contributed by atoms with E-state index in [4.69, 9.17) is 34.8 Å². The van der Waals surface area contributed by atoms with Gasteiger partial charge in [0.2, 0.25) is 9.70 Å². The smallest absolute Gasteiger partial charge is 0.269 e. The standard InChI is InChI=1S/C15H20Cl3N3O3/c1-2-3-4-5-6-13(22)20-14(15(16,17)18)19-11-7-9-12(10-8-11)21(23)24/h7-10,14,19H,2-6H2,1H3,(H,20,22)/t14-/m1/s1. The van der Waals surface area contributed by atoms with Gasteiger partial charge in [0, 0.05) is 24.2 Å². The average Bonchev–Trinajstić information content (AvgIpc) is 2.50. The monoisotopic (exact) mass is 395 g/mol. The Balaban J connectivity index is 2.65. The van der Waals surface area contributed by atoms with E-state index in [0.717, 1.165) is 25.7 Å². The lowest BCUT2D eigenvalue weighted by molar-refractivity contribution is -0.384. The molecule has 0 heterocycles. The predicted molar refractivity (Wildman–Crippen MR) is 97.7 cm³/mol. The van der Waals surface area contributed by atoms with Crippen molar-refractivity contribution in [2.75, 3.05) is 5.32 Å². The molecule has 2 N–H and O–H groups in total. The Morgan fingerprint density at radius 1 is 1.21 bits per heavy atom. The van der Waals surface area contributed by atoms with Gasteiger partial charge in [-0.25, -0.2) is 0 Å². The third kappa shape index (κ3) is 7.55. The highest BCUT2D eigenvalue weighted by Gasteiger charge is 2.34. The van der Waals surface area contributed by atoms with E-state index in [2.05, 4.69) is 17.6 Å². The van der Waals surface area contributed by atoms with Crippen molar-refractivity contribution < 1.29 is 9.72 Å². The van der Waals surface area contributed by atoms with Gasteiger partial charge in [-0.3, -0.25) is 14.9 Å². The molecular weight excluding hydrogens is 377 g/mol. The van der Waals surface area contributed by atoms with Crippen molar-refractivity contribution in [3.63, 3.8) is 0 Å². The molecule has 134 valence electrons. The lowest BCUT2D eigenvalue weighted by atomic mass is 10.1. The van der Waals surface area contributed by atoms with Crippen LogP contribution in [0.3, 0.4) is 0 Å². The van der Waals surface area contributed by atoms with Crippen molar-refractivity contribution in [2.45, 2.75) is 49.0 Å². The van der Waals surface area contributed by atoms with Gasteiger partial charge < -0.3 is 10.6 Å². The minimum absolute atomic E-state index is 0.0501. The molecule has 0 aliphatic carbocycles. The summed E-state index contributed by atoms with van der Waals surface area (Å²) in [6.45, 7) is 2.09. The number of halogens is 3. The Morgan fingerprint density at radius 2 is 1.83 bits per heavy atom. The van der Waals surface area contributed by atoms with E-state index in [-0.39, 0.29) is 11.6 Å². The quantitative estimate of drug-likeness (QED) is 0.207. The number of nitrogens with zero attached hydrogens (tertiary/aromatic N) is 1. The highest BCUT2D eigenvalue weighted by Crippen LogP contribution is 2.31. The molecule has 9 heteroatoms. The van der Waals surface area contributed by atoms with E-state index >= 15 is 0 Å². The first kappa shape index (κ1) is 20.8. The maximum atomic E-state index is 12.0. The molecule has 0 fully saturated rings. The summed E-state index contributed by atoms with van der Waals surface area (Å²) in [5.41, 5.74) is 0.439.